The highest BCUT2D eigenvalue weighted by Gasteiger charge is 2.18. The number of hydrogen-bond acceptors (Lipinski definition) is 3. The van der Waals surface area contributed by atoms with Gasteiger partial charge in [0.25, 0.3) is 0 Å². The molecule has 17 heavy (non-hydrogen) atoms. The van der Waals surface area contributed by atoms with Crippen LogP contribution in [0.5, 0.6) is 0 Å². The molecule has 0 aliphatic carbocycles. The van der Waals surface area contributed by atoms with Crippen LogP contribution in [-0.4, -0.2) is 48.5 Å². The van der Waals surface area contributed by atoms with Crippen molar-refractivity contribution >= 4 is 11.6 Å². The Morgan fingerprint density at radius 1 is 1.53 bits per heavy atom. The van der Waals surface area contributed by atoms with E-state index < -0.39 is 0 Å². The van der Waals surface area contributed by atoms with E-state index in [9.17, 15) is 4.79 Å². The van der Waals surface area contributed by atoms with Crippen molar-refractivity contribution < 1.29 is 4.79 Å². The number of aromatic nitrogens is 1. The van der Waals surface area contributed by atoms with E-state index in [4.69, 9.17) is 0 Å². The van der Waals surface area contributed by atoms with Crippen molar-refractivity contribution in [2.24, 2.45) is 5.92 Å². The average molecular weight is 236 g/mol. The predicted molar refractivity (Wildman–Crippen MR) is 67.9 cm³/mol. The van der Waals surface area contributed by atoms with E-state index in [-0.39, 0.29) is 11.8 Å². The third kappa shape index (κ3) is 3.57. The van der Waals surface area contributed by atoms with Crippen molar-refractivity contribution in [3.05, 3.63) is 18.5 Å². The van der Waals surface area contributed by atoms with Crippen LogP contribution in [0.15, 0.2) is 18.5 Å². The molecule has 1 saturated heterocycles. The number of hydrogen-bond donors (Lipinski definition) is 3. The number of amides is 1. The van der Waals surface area contributed by atoms with Gasteiger partial charge in [-0.1, -0.05) is 6.92 Å². The van der Waals surface area contributed by atoms with E-state index in [1.165, 1.54) is 0 Å². The molecule has 5 heteroatoms. The third-order valence-corrected chi connectivity index (χ3v) is 3.05. The second-order valence-corrected chi connectivity index (χ2v) is 4.54. The minimum Gasteiger partial charge on any atom is -0.366 e. The van der Waals surface area contributed by atoms with Gasteiger partial charge in [-0.2, -0.15) is 0 Å². The number of nitrogens with one attached hydrogen (secondary N) is 3. The van der Waals surface area contributed by atoms with Gasteiger partial charge in [-0.15, -0.1) is 0 Å². The molecule has 1 fully saturated rings. The highest BCUT2D eigenvalue weighted by Crippen LogP contribution is 2.08. The second kappa shape index (κ2) is 5.84. The van der Waals surface area contributed by atoms with Gasteiger partial charge in [0.2, 0.25) is 5.91 Å². The topological polar surface area (TPSA) is 60.2 Å². The van der Waals surface area contributed by atoms with Gasteiger partial charge in [0.1, 0.15) is 0 Å². The monoisotopic (exact) mass is 236 g/mol. The number of H-pyrrole nitrogens is 1. The predicted octanol–water partition coefficient (Wildman–Crippen LogP) is 0.495. The molecule has 1 aromatic rings. The summed E-state index contributed by atoms with van der Waals surface area (Å²) >= 11 is 0. The summed E-state index contributed by atoms with van der Waals surface area (Å²) < 4.78 is 0. The number of carbonyl (C=O) groups excluding carboxylic acids is 1. The van der Waals surface area contributed by atoms with Gasteiger partial charge in [0, 0.05) is 51.0 Å². The van der Waals surface area contributed by atoms with Gasteiger partial charge in [-0.25, -0.2) is 0 Å². The van der Waals surface area contributed by atoms with E-state index in [0.29, 0.717) is 0 Å². The fourth-order valence-electron chi connectivity index (χ4n) is 2.03. The van der Waals surface area contributed by atoms with Gasteiger partial charge in [0.15, 0.2) is 0 Å². The fraction of sp³-hybridized carbons (Fsp3) is 0.583. The van der Waals surface area contributed by atoms with Crippen LogP contribution >= 0.6 is 0 Å². The molecule has 0 spiro atoms. The molecular formula is C12H20N4O. The number of anilines is 1. The Hall–Kier alpha value is -1.33. The first-order valence-corrected chi connectivity index (χ1v) is 6.12. The van der Waals surface area contributed by atoms with E-state index in [0.717, 1.165) is 38.4 Å². The first-order valence-electron chi connectivity index (χ1n) is 6.12. The van der Waals surface area contributed by atoms with Crippen molar-refractivity contribution in [2.75, 3.05) is 38.0 Å². The first kappa shape index (κ1) is 12.1. The number of piperazine rings is 1. The Labute approximate surface area is 102 Å². The SMILES string of the molecule is CC(CN1CCNCC1)C(=O)Nc1cc[nH]c1. The molecule has 1 aliphatic rings. The molecule has 0 radical (unpaired) electrons. The lowest BCUT2D eigenvalue weighted by Gasteiger charge is -2.29. The molecule has 5 nitrogen and oxygen atoms in total. The summed E-state index contributed by atoms with van der Waals surface area (Å²) in [5.74, 6) is 0.103. The summed E-state index contributed by atoms with van der Waals surface area (Å²) in [4.78, 5) is 17.2. The van der Waals surface area contributed by atoms with E-state index in [1.54, 1.807) is 12.4 Å². The zero-order valence-corrected chi connectivity index (χ0v) is 10.2. The zero-order chi connectivity index (χ0) is 12.1. The van der Waals surface area contributed by atoms with Crippen LogP contribution in [0.3, 0.4) is 0 Å². The van der Waals surface area contributed by atoms with Gasteiger partial charge < -0.3 is 20.5 Å². The van der Waals surface area contributed by atoms with E-state index in [2.05, 4.69) is 20.5 Å². The molecule has 1 amide bonds. The normalized spacial score (nSPS) is 18.9. The highest BCUT2D eigenvalue weighted by molar-refractivity contribution is 5.92. The Bertz CT molecular complexity index is 343. The number of carbonyl (C=O) groups is 1. The second-order valence-electron chi connectivity index (χ2n) is 4.54. The van der Waals surface area contributed by atoms with Gasteiger partial charge in [-0.05, 0) is 6.07 Å². The molecule has 2 heterocycles. The Kier molecular flexibility index (Phi) is 4.17. The van der Waals surface area contributed by atoms with Crippen LogP contribution in [0.1, 0.15) is 6.92 Å². The van der Waals surface area contributed by atoms with Crippen LogP contribution in [0.4, 0.5) is 5.69 Å². The molecule has 0 saturated carbocycles. The summed E-state index contributed by atoms with van der Waals surface area (Å²) in [5, 5.41) is 6.21. The largest absolute Gasteiger partial charge is 0.366 e. The molecular weight excluding hydrogens is 216 g/mol. The zero-order valence-electron chi connectivity index (χ0n) is 10.2. The summed E-state index contributed by atoms with van der Waals surface area (Å²) in [6, 6.07) is 1.86. The Balaban J connectivity index is 1.78. The van der Waals surface area contributed by atoms with Gasteiger partial charge in [0.05, 0.1) is 5.69 Å². The molecule has 1 atom stereocenters. The maximum atomic E-state index is 11.9. The molecule has 0 aromatic carbocycles. The van der Waals surface area contributed by atoms with E-state index >= 15 is 0 Å². The van der Waals surface area contributed by atoms with Crippen molar-refractivity contribution in [1.29, 1.82) is 0 Å². The van der Waals surface area contributed by atoms with Crippen LogP contribution in [0, 0.1) is 5.92 Å². The number of rotatable bonds is 4. The average Bonchev–Trinajstić information content (AvgIpc) is 2.83. The molecule has 2 rings (SSSR count). The van der Waals surface area contributed by atoms with Crippen LogP contribution in [-0.2, 0) is 4.79 Å². The molecule has 1 unspecified atom stereocenters. The van der Waals surface area contributed by atoms with Crippen molar-refractivity contribution in [3.8, 4) is 0 Å². The van der Waals surface area contributed by atoms with Crippen molar-refractivity contribution in [1.82, 2.24) is 15.2 Å². The van der Waals surface area contributed by atoms with Gasteiger partial charge in [-0.3, -0.25) is 4.79 Å². The minimum atomic E-state index is 0.0167. The van der Waals surface area contributed by atoms with Crippen LogP contribution in [0.25, 0.3) is 0 Å². The van der Waals surface area contributed by atoms with Crippen LogP contribution in [0.2, 0.25) is 0 Å². The molecule has 1 aromatic heterocycles. The van der Waals surface area contributed by atoms with Gasteiger partial charge >= 0.3 is 0 Å². The maximum absolute atomic E-state index is 11.9. The van der Waals surface area contributed by atoms with Crippen LogP contribution < -0.4 is 10.6 Å². The van der Waals surface area contributed by atoms with E-state index in [1.807, 2.05) is 13.0 Å². The summed E-state index contributed by atoms with van der Waals surface area (Å²) in [5.41, 5.74) is 0.835. The number of aromatic amines is 1. The maximum Gasteiger partial charge on any atom is 0.228 e. The fourth-order valence-corrected chi connectivity index (χ4v) is 2.03. The quantitative estimate of drug-likeness (QED) is 0.713. The smallest absolute Gasteiger partial charge is 0.228 e. The summed E-state index contributed by atoms with van der Waals surface area (Å²) in [6.45, 7) is 6.91. The molecule has 0 bridgehead atoms. The number of nitrogens with zero attached hydrogens (tertiary/aromatic N) is 1. The lowest BCUT2D eigenvalue weighted by molar-refractivity contribution is -0.120. The third-order valence-electron chi connectivity index (χ3n) is 3.05. The minimum absolute atomic E-state index is 0.0167. The lowest BCUT2D eigenvalue weighted by atomic mass is 10.1. The molecule has 94 valence electrons. The van der Waals surface area contributed by atoms with Crippen molar-refractivity contribution in [2.45, 2.75) is 6.92 Å². The molecule has 3 N–H and O–H groups in total. The standard InChI is InChI=1S/C12H20N4O/c1-10(9-16-6-4-13-5-7-16)12(17)15-11-2-3-14-8-11/h2-3,8,10,13-14H,4-7,9H2,1H3,(H,15,17). The Morgan fingerprint density at radius 2 is 2.29 bits per heavy atom. The highest BCUT2D eigenvalue weighted by atomic mass is 16.1. The lowest BCUT2D eigenvalue weighted by Crippen LogP contribution is -2.46. The molecule has 1 aliphatic heterocycles. The first-order chi connectivity index (χ1) is 8.25. The van der Waals surface area contributed by atoms with Crippen molar-refractivity contribution in [3.63, 3.8) is 0 Å². The Morgan fingerprint density at radius 3 is 2.94 bits per heavy atom. The summed E-state index contributed by atoms with van der Waals surface area (Å²) in [7, 11) is 0. The summed E-state index contributed by atoms with van der Waals surface area (Å²) in [6.07, 6.45) is 3.59.